The monoisotopic (exact) mass is 502 g/mol. The van der Waals surface area contributed by atoms with E-state index in [-0.39, 0.29) is 24.2 Å². The summed E-state index contributed by atoms with van der Waals surface area (Å²) in [6.45, 7) is 5.53. The Kier molecular flexibility index (Phi) is 6.54. The first-order valence-electron chi connectivity index (χ1n) is 12.7. The Morgan fingerprint density at radius 1 is 0.865 bits per heavy atom. The number of nitrogens with one attached hydrogen (secondary N) is 2. The second-order valence-corrected chi connectivity index (χ2v) is 9.60. The number of carbonyl (C=O) groups is 1. The maximum atomic E-state index is 12.4. The first kappa shape index (κ1) is 23.6. The van der Waals surface area contributed by atoms with Crippen molar-refractivity contribution >= 4 is 29.3 Å². The fourth-order valence-corrected chi connectivity index (χ4v) is 5.14. The van der Waals surface area contributed by atoms with Crippen LogP contribution in [0.1, 0.15) is 19.8 Å². The molecule has 3 aliphatic rings. The second kappa shape index (κ2) is 10.3. The molecule has 6 rings (SSSR count). The Morgan fingerprint density at radius 2 is 1.54 bits per heavy atom. The Bertz CT molecular complexity index is 1230. The number of hydrogen-bond acceptors (Lipinski definition) is 9. The molecule has 0 aliphatic carbocycles. The molecule has 11 heteroatoms. The third kappa shape index (κ3) is 5.05. The lowest BCUT2D eigenvalue weighted by molar-refractivity contribution is 0.0895. The smallest absolute Gasteiger partial charge is 0.323 e. The van der Waals surface area contributed by atoms with Crippen molar-refractivity contribution in [3.8, 4) is 11.4 Å². The molecule has 2 amide bonds. The van der Waals surface area contributed by atoms with E-state index in [0.717, 1.165) is 24.9 Å². The number of benzene rings is 1. The topological polar surface area (TPSA) is 118 Å². The van der Waals surface area contributed by atoms with Crippen molar-refractivity contribution in [3.05, 3.63) is 48.8 Å². The standard InChI is InChI=1S/C26H30N8O3/c1-17-14-36-13-12-33(17)24-30-23(31-25(32-24)34-21-6-7-22(34)16-37-15-21)18-2-4-19(5-3-18)28-26(35)29-20-8-10-27-11-9-20/h2-5,8-11,17,21-22H,6-7,12-16H2,1H3,(H2,27,28,29,35). The van der Waals surface area contributed by atoms with Crippen LogP contribution >= 0.6 is 0 Å². The van der Waals surface area contributed by atoms with Gasteiger partial charge in [-0.3, -0.25) is 4.98 Å². The summed E-state index contributed by atoms with van der Waals surface area (Å²) in [6, 6.07) is 11.4. The van der Waals surface area contributed by atoms with Crippen LogP contribution in [0.15, 0.2) is 48.8 Å². The summed E-state index contributed by atoms with van der Waals surface area (Å²) in [7, 11) is 0. The van der Waals surface area contributed by atoms with Gasteiger partial charge in [-0.25, -0.2) is 4.79 Å². The summed E-state index contributed by atoms with van der Waals surface area (Å²) in [5, 5.41) is 5.64. The van der Waals surface area contributed by atoms with Gasteiger partial charge >= 0.3 is 6.03 Å². The molecule has 5 heterocycles. The van der Waals surface area contributed by atoms with Crippen LogP contribution in [-0.4, -0.2) is 77.1 Å². The van der Waals surface area contributed by atoms with Crippen LogP contribution in [0.4, 0.5) is 28.1 Å². The Hall–Kier alpha value is -3.83. The van der Waals surface area contributed by atoms with E-state index in [4.69, 9.17) is 24.4 Å². The zero-order chi connectivity index (χ0) is 25.2. The summed E-state index contributed by atoms with van der Waals surface area (Å²) < 4.78 is 11.4. The number of aromatic nitrogens is 4. The summed E-state index contributed by atoms with van der Waals surface area (Å²) in [4.78, 5) is 35.6. The molecule has 3 atom stereocenters. The van der Waals surface area contributed by atoms with Crippen LogP contribution in [0.3, 0.4) is 0 Å². The molecule has 2 N–H and O–H groups in total. The van der Waals surface area contributed by atoms with E-state index < -0.39 is 0 Å². The quantitative estimate of drug-likeness (QED) is 0.542. The van der Waals surface area contributed by atoms with Crippen molar-refractivity contribution in [1.82, 2.24) is 19.9 Å². The number of rotatable bonds is 5. The van der Waals surface area contributed by atoms with Crippen molar-refractivity contribution < 1.29 is 14.3 Å². The third-order valence-corrected chi connectivity index (χ3v) is 7.05. The van der Waals surface area contributed by atoms with Crippen LogP contribution in [-0.2, 0) is 9.47 Å². The number of carbonyl (C=O) groups excluding carboxylic acids is 1. The maximum Gasteiger partial charge on any atom is 0.323 e. The summed E-state index contributed by atoms with van der Waals surface area (Å²) in [5.74, 6) is 1.98. The lowest BCUT2D eigenvalue weighted by atomic mass is 10.2. The lowest BCUT2D eigenvalue weighted by Crippen LogP contribution is -2.48. The molecular formula is C26H30N8O3. The van der Waals surface area contributed by atoms with E-state index in [2.05, 4.69) is 32.3 Å². The largest absolute Gasteiger partial charge is 0.377 e. The number of anilines is 4. The van der Waals surface area contributed by atoms with E-state index in [1.54, 1.807) is 24.5 Å². The van der Waals surface area contributed by atoms with Gasteiger partial charge in [0.1, 0.15) is 0 Å². The van der Waals surface area contributed by atoms with Gasteiger partial charge in [0.2, 0.25) is 11.9 Å². The number of ether oxygens (including phenoxy) is 2. The van der Waals surface area contributed by atoms with Gasteiger partial charge in [-0.05, 0) is 56.2 Å². The number of morpholine rings is 2. The van der Waals surface area contributed by atoms with Crippen LogP contribution in [0.2, 0.25) is 0 Å². The van der Waals surface area contributed by atoms with Gasteiger partial charge in [0, 0.05) is 35.9 Å². The summed E-state index contributed by atoms with van der Waals surface area (Å²) in [5.41, 5.74) is 2.19. The SMILES string of the molecule is CC1COCCN1c1nc(-c2ccc(NC(=O)Nc3ccncc3)cc2)nc(N2C3CCC2COC3)n1. The molecule has 3 aliphatic heterocycles. The van der Waals surface area contributed by atoms with Gasteiger partial charge in [-0.15, -0.1) is 0 Å². The molecule has 3 fully saturated rings. The van der Waals surface area contributed by atoms with E-state index >= 15 is 0 Å². The van der Waals surface area contributed by atoms with Gasteiger partial charge in [-0.1, -0.05) is 0 Å². The number of hydrogen-bond donors (Lipinski definition) is 2. The highest BCUT2D eigenvalue weighted by molar-refractivity contribution is 5.99. The van der Waals surface area contributed by atoms with Crippen LogP contribution in [0.5, 0.6) is 0 Å². The predicted octanol–water partition coefficient (Wildman–Crippen LogP) is 3.17. The fourth-order valence-electron chi connectivity index (χ4n) is 5.14. The average Bonchev–Trinajstić information content (AvgIpc) is 3.17. The van der Waals surface area contributed by atoms with Gasteiger partial charge in [0.05, 0.1) is 44.6 Å². The highest BCUT2D eigenvalue weighted by Gasteiger charge is 2.39. The highest BCUT2D eigenvalue weighted by Crippen LogP contribution is 2.34. The van der Waals surface area contributed by atoms with Gasteiger partial charge in [0.25, 0.3) is 0 Å². The normalized spacial score (nSPS) is 23.1. The van der Waals surface area contributed by atoms with Crippen LogP contribution in [0.25, 0.3) is 11.4 Å². The highest BCUT2D eigenvalue weighted by atomic mass is 16.5. The fraction of sp³-hybridized carbons (Fsp3) is 0.423. The first-order chi connectivity index (χ1) is 18.1. The zero-order valence-corrected chi connectivity index (χ0v) is 20.7. The Morgan fingerprint density at radius 3 is 2.24 bits per heavy atom. The number of pyridine rings is 1. The average molecular weight is 503 g/mol. The number of amides is 2. The predicted molar refractivity (Wildman–Crippen MR) is 140 cm³/mol. The molecule has 192 valence electrons. The van der Waals surface area contributed by atoms with Crippen molar-refractivity contribution in [2.45, 2.75) is 37.9 Å². The Balaban J connectivity index is 1.27. The molecule has 3 saturated heterocycles. The van der Waals surface area contributed by atoms with E-state index in [1.807, 2.05) is 24.3 Å². The van der Waals surface area contributed by atoms with E-state index in [9.17, 15) is 4.79 Å². The number of urea groups is 1. The number of nitrogens with zero attached hydrogens (tertiary/aromatic N) is 6. The molecule has 37 heavy (non-hydrogen) atoms. The van der Waals surface area contributed by atoms with E-state index in [0.29, 0.717) is 55.5 Å². The third-order valence-electron chi connectivity index (χ3n) is 7.05. The van der Waals surface area contributed by atoms with Crippen molar-refractivity contribution in [3.63, 3.8) is 0 Å². The molecule has 2 bridgehead atoms. The Labute approximate surface area is 215 Å². The van der Waals surface area contributed by atoms with Crippen molar-refractivity contribution in [1.29, 1.82) is 0 Å². The molecule has 0 saturated carbocycles. The van der Waals surface area contributed by atoms with Gasteiger partial charge in [0.15, 0.2) is 5.82 Å². The lowest BCUT2D eigenvalue weighted by Gasteiger charge is -2.36. The van der Waals surface area contributed by atoms with Crippen LogP contribution in [0, 0.1) is 0 Å². The molecule has 3 aromatic rings. The minimum Gasteiger partial charge on any atom is -0.377 e. The van der Waals surface area contributed by atoms with E-state index in [1.165, 1.54) is 0 Å². The van der Waals surface area contributed by atoms with Gasteiger partial charge in [-0.2, -0.15) is 15.0 Å². The number of fused-ring (bicyclic) bond motifs is 2. The molecular weight excluding hydrogens is 472 g/mol. The maximum absolute atomic E-state index is 12.4. The molecule has 0 radical (unpaired) electrons. The summed E-state index contributed by atoms with van der Waals surface area (Å²) >= 11 is 0. The molecule has 1 aromatic carbocycles. The molecule has 11 nitrogen and oxygen atoms in total. The minimum atomic E-state index is -0.326. The molecule has 3 unspecified atom stereocenters. The van der Waals surface area contributed by atoms with Crippen molar-refractivity contribution in [2.75, 3.05) is 53.4 Å². The molecule has 0 spiro atoms. The van der Waals surface area contributed by atoms with Gasteiger partial charge < -0.3 is 29.9 Å². The molecule has 2 aromatic heterocycles. The second-order valence-electron chi connectivity index (χ2n) is 9.60. The zero-order valence-electron chi connectivity index (χ0n) is 20.7. The first-order valence-corrected chi connectivity index (χ1v) is 12.7. The summed E-state index contributed by atoms with van der Waals surface area (Å²) in [6.07, 6.45) is 5.41. The van der Waals surface area contributed by atoms with Crippen LogP contribution < -0.4 is 20.4 Å². The van der Waals surface area contributed by atoms with Crippen molar-refractivity contribution in [2.24, 2.45) is 0 Å². The minimum absolute atomic E-state index is 0.170.